The SMILES string of the molecule is COc1c(CC(C)N)ccc2sccc12. The van der Waals surface area contributed by atoms with E-state index >= 15 is 0 Å². The summed E-state index contributed by atoms with van der Waals surface area (Å²) in [6.07, 6.45) is 0.856. The number of nitrogens with two attached hydrogens (primary N) is 1. The van der Waals surface area contributed by atoms with Crippen molar-refractivity contribution in [3.05, 3.63) is 29.1 Å². The van der Waals surface area contributed by atoms with Crippen LogP contribution in [0.5, 0.6) is 5.75 Å². The van der Waals surface area contributed by atoms with Gasteiger partial charge in [0.05, 0.1) is 7.11 Å². The van der Waals surface area contributed by atoms with Gasteiger partial charge in [-0.05, 0) is 36.4 Å². The Morgan fingerprint density at radius 2 is 2.20 bits per heavy atom. The monoisotopic (exact) mass is 221 g/mol. The van der Waals surface area contributed by atoms with Crippen molar-refractivity contribution in [1.29, 1.82) is 0 Å². The average Bonchev–Trinajstić information content (AvgIpc) is 2.64. The highest BCUT2D eigenvalue weighted by atomic mass is 32.1. The molecule has 15 heavy (non-hydrogen) atoms. The summed E-state index contributed by atoms with van der Waals surface area (Å²) in [4.78, 5) is 0. The van der Waals surface area contributed by atoms with Gasteiger partial charge in [-0.15, -0.1) is 11.3 Å². The second kappa shape index (κ2) is 4.21. The van der Waals surface area contributed by atoms with Gasteiger partial charge >= 0.3 is 0 Å². The van der Waals surface area contributed by atoms with Gasteiger partial charge in [-0.1, -0.05) is 6.07 Å². The first kappa shape index (κ1) is 10.5. The molecule has 1 aromatic carbocycles. The summed E-state index contributed by atoms with van der Waals surface area (Å²) < 4.78 is 6.73. The zero-order chi connectivity index (χ0) is 10.8. The van der Waals surface area contributed by atoms with E-state index in [-0.39, 0.29) is 6.04 Å². The van der Waals surface area contributed by atoms with Crippen molar-refractivity contribution in [3.8, 4) is 5.75 Å². The number of thiophene rings is 1. The van der Waals surface area contributed by atoms with Crippen LogP contribution >= 0.6 is 11.3 Å². The fourth-order valence-electron chi connectivity index (χ4n) is 1.81. The maximum Gasteiger partial charge on any atom is 0.130 e. The lowest BCUT2D eigenvalue weighted by atomic mass is 10.0. The zero-order valence-electron chi connectivity index (χ0n) is 8.99. The summed E-state index contributed by atoms with van der Waals surface area (Å²) in [5.41, 5.74) is 7.01. The van der Waals surface area contributed by atoms with Crippen LogP contribution in [0.3, 0.4) is 0 Å². The molecule has 0 radical (unpaired) electrons. The molecule has 0 saturated heterocycles. The second-order valence-electron chi connectivity index (χ2n) is 3.77. The van der Waals surface area contributed by atoms with Crippen LogP contribution in [0.2, 0.25) is 0 Å². The van der Waals surface area contributed by atoms with Crippen molar-refractivity contribution in [3.63, 3.8) is 0 Å². The molecular formula is C12H15NOS. The average molecular weight is 221 g/mol. The van der Waals surface area contributed by atoms with Gasteiger partial charge in [0.2, 0.25) is 0 Å². The summed E-state index contributed by atoms with van der Waals surface area (Å²) in [7, 11) is 1.72. The molecule has 1 aromatic heterocycles. The highest BCUT2D eigenvalue weighted by Gasteiger charge is 2.10. The molecule has 1 atom stereocenters. The van der Waals surface area contributed by atoms with Crippen molar-refractivity contribution in [2.45, 2.75) is 19.4 Å². The molecular weight excluding hydrogens is 206 g/mol. The van der Waals surface area contributed by atoms with E-state index in [4.69, 9.17) is 10.5 Å². The Morgan fingerprint density at radius 1 is 1.40 bits per heavy atom. The second-order valence-corrected chi connectivity index (χ2v) is 4.72. The lowest BCUT2D eigenvalue weighted by molar-refractivity contribution is 0.413. The zero-order valence-corrected chi connectivity index (χ0v) is 9.80. The molecule has 3 heteroatoms. The lowest BCUT2D eigenvalue weighted by Crippen LogP contribution is -2.18. The topological polar surface area (TPSA) is 35.2 Å². The third-order valence-electron chi connectivity index (χ3n) is 2.41. The number of ether oxygens (including phenoxy) is 1. The van der Waals surface area contributed by atoms with E-state index in [1.807, 2.05) is 6.92 Å². The van der Waals surface area contributed by atoms with E-state index in [1.54, 1.807) is 18.4 Å². The van der Waals surface area contributed by atoms with E-state index in [2.05, 4.69) is 23.6 Å². The van der Waals surface area contributed by atoms with Crippen LogP contribution in [-0.2, 0) is 6.42 Å². The van der Waals surface area contributed by atoms with Gasteiger partial charge in [0.25, 0.3) is 0 Å². The van der Waals surface area contributed by atoms with Crippen LogP contribution in [0.4, 0.5) is 0 Å². The molecule has 0 saturated carbocycles. The largest absolute Gasteiger partial charge is 0.496 e. The third-order valence-corrected chi connectivity index (χ3v) is 3.30. The van der Waals surface area contributed by atoms with Crippen LogP contribution < -0.4 is 10.5 Å². The maximum atomic E-state index is 5.81. The van der Waals surface area contributed by atoms with Gasteiger partial charge in [0.1, 0.15) is 5.75 Å². The molecule has 0 spiro atoms. The molecule has 0 aliphatic heterocycles. The van der Waals surface area contributed by atoms with Crippen LogP contribution in [0.1, 0.15) is 12.5 Å². The Kier molecular flexibility index (Phi) is 2.93. The summed E-state index contributed by atoms with van der Waals surface area (Å²) in [6, 6.07) is 6.51. The Morgan fingerprint density at radius 3 is 2.87 bits per heavy atom. The Bertz CT molecular complexity index is 462. The third kappa shape index (κ3) is 1.98. The molecule has 2 N–H and O–H groups in total. The number of rotatable bonds is 3. The Labute approximate surface area is 93.7 Å². The van der Waals surface area contributed by atoms with Crippen molar-refractivity contribution in [2.24, 2.45) is 5.73 Å². The molecule has 0 fully saturated rings. The van der Waals surface area contributed by atoms with Crippen LogP contribution in [0.15, 0.2) is 23.6 Å². The van der Waals surface area contributed by atoms with Gasteiger partial charge in [0.15, 0.2) is 0 Å². The molecule has 0 aliphatic rings. The van der Waals surface area contributed by atoms with E-state index in [0.717, 1.165) is 12.2 Å². The molecule has 0 amide bonds. The van der Waals surface area contributed by atoms with Crippen molar-refractivity contribution in [2.75, 3.05) is 7.11 Å². The molecule has 2 nitrogen and oxygen atoms in total. The van der Waals surface area contributed by atoms with Crippen molar-refractivity contribution < 1.29 is 4.74 Å². The summed E-state index contributed by atoms with van der Waals surface area (Å²) in [6.45, 7) is 2.01. The number of methoxy groups -OCH3 is 1. The lowest BCUT2D eigenvalue weighted by Gasteiger charge is -2.11. The Balaban J connectivity index is 2.53. The number of hydrogen-bond acceptors (Lipinski definition) is 3. The van der Waals surface area contributed by atoms with Crippen LogP contribution in [0, 0.1) is 0 Å². The van der Waals surface area contributed by atoms with Gasteiger partial charge in [-0.25, -0.2) is 0 Å². The van der Waals surface area contributed by atoms with E-state index < -0.39 is 0 Å². The van der Waals surface area contributed by atoms with E-state index in [9.17, 15) is 0 Å². The molecule has 1 heterocycles. The van der Waals surface area contributed by atoms with Crippen LogP contribution in [0.25, 0.3) is 10.1 Å². The highest BCUT2D eigenvalue weighted by Crippen LogP contribution is 2.33. The first-order chi connectivity index (χ1) is 7.22. The fraction of sp³-hybridized carbons (Fsp3) is 0.333. The first-order valence-corrected chi connectivity index (χ1v) is 5.89. The fourth-order valence-corrected chi connectivity index (χ4v) is 2.60. The van der Waals surface area contributed by atoms with E-state index in [1.165, 1.54) is 15.6 Å². The van der Waals surface area contributed by atoms with Crippen molar-refractivity contribution >= 4 is 21.4 Å². The maximum absolute atomic E-state index is 5.81. The smallest absolute Gasteiger partial charge is 0.130 e. The summed E-state index contributed by atoms with van der Waals surface area (Å²) in [5, 5.41) is 3.28. The quantitative estimate of drug-likeness (QED) is 0.865. The summed E-state index contributed by atoms with van der Waals surface area (Å²) in [5.74, 6) is 0.978. The number of benzene rings is 1. The van der Waals surface area contributed by atoms with Gasteiger partial charge in [-0.3, -0.25) is 0 Å². The van der Waals surface area contributed by atoms with Crippen molar-refractivity contribution in [1.82, 2.24) is 0 Å². The standard InChI is InChI=1S/C12H15NOS/c1-8(13)7-9-3-4-11-10(5-6-15-11)12(9)14-2/h3-6,8H,7,13H2,1-2H3. The van der Waals surface area contributed by atoms with Gasteiger partial charge < -0.3 is 10.5 Å². The molecule has 2 rings (SSSR count). The molecule has 0 aliphatic carbocycles. The molecule has 2 aromatic rings. The van der Waals surface area contributed by atoms with Gasteiger partial charge in [-0.2, -0.15) is 0 Å². The minimum atomic E-state index is 0.162. The summed E-state index contributed by atoms with van der Waals surface area (Å²) >= 11 is 1.73. The van der Waals surface area contributed by atoms with Gasteiger partial charge in [0, 0.05) is 16.1 Å². The number of hydrogen-bond donors (Lipinski definition) is 1. The predicted octanol–water partition coefficient (Wildman–Crippen LogP) is 2.80. The molecule has 80 valence electrons. The van der Waals surface area contributed by atoms with E-state index in [0.29, 0.717) is 0 Å². The first-order valence-electron chi connectivity index (χ1n) is 5.01. The van der Waals surface area contributed by atoms with Crippen LogP contribution in [-0.4, -0.2) is 13.2 Å². The molecule has 1 unspecified atom stereocenters. The normalized spacial score (nSPS) is 13.0. The molecule has 0 bridgehead atoms. The number of fused-ring (bicyclic) bond motifs is 1. The predicted molar refractivity (Wildman–Crippen MR) is 65.7 cm³/mol. The minimum Gasteiger partial charge on any atom is -0.496 e. The minimum absolute atomic E-state index is 0.162. The highest BCUT2D eigenvalue weighted by molar-refractivity contribution is 7.17. The Hall–Kier alpha value is -1.06.